The highest BCUT2D eigenvalue weighted by Gasteiger charge is 2.45. The second-order valence-corrected chi connectivity index (χ2v) is 10.5. The molecule has 7 nitrogen and oxygen atoms in total. The summed E-state index contributed by atoms with van der Waals surface area (Å²) in [5.74, 6) is 0.578. The predicted octanol–water partition coefficient (Wildman–Crippen LogP) is 1.87. The molecule has 1 atom stereocenters. The predicted molar refractivity (Wildman–Crippen MR) is 93.8 cm³/mol. The Morgan fingerprint density at radius 3 is 2.48 bits per heavy atom. The van der Waals surface area contributed by atoms with Crippen molar-refractivity contribution in [1.29, 1.82) is 0 Å². The second kappa shape index (κ2) is 6.70. The van der Waals surface area contributed by atoms with Crippen LogP contribution in [0.15, 0.2) is 0 Å². The SMILES string of the molecule is CC(C)(C)OC(=O)N1CCC2(CC1)C[C@@H](NS(=O)(=O)CC1CC1)CO2. The van der Waals surface area contributed by atoms with E-state index in [9.17, 15) is 13.2 Å². The number of rotatable bonds is 4. The summed E-state index contributed by atoms with van der Waals surface area (Å²) in [5, 5.41) is 0. The lowest BCUT2D eigenvalue weighted by Crippen LogP contribution is -2.48. The fourth-order valence-electron chi connectivity index (χ4n) is 3.59. The Labute approximate surface area is 150 Å². The molecule has 0 aromatic heterocycles. The number of hydrogen-bond donors (Lipinski definition) is 1. The number of carbonyl (C=O) groups is 1. The van der Waals surface area contributed by atoms with Crippen LogP contribution in [0.4, 0.5) is 4.79 Å². The molecule has 25 heavy (non-hydrogen) atoms. The lowest BCUT2D eigenvalue weighted by Gasteiger charge is -2.39. The van der Waals surface area contributed by atoms with Crippen molar-refractivity contribution in [2.45, 2.75) is 70.1 Å². The van der Waals surface area contributed by atoms with Gasteiger partial charge in [-0.1, -0.05) is 0 Å². The first-order chi connectivity index (χ1) is 11.6. The van der Waals surface area contributed by atoms with Gasteiger partial charge in [0.25, 0.3) is 0 Å². The zero-order valence-corrected chi connectivity index (χ0v) is 16.2. The highest BCUT2D eigenvalue weighted by Crippen LogP contribution is 2.37. The summed E-state index contributed by atoms with van der Waals surface area (Å²) >= 11 is 0. The van der Waals surface area contributed by atoms with Crippen molar-refractivity contribution >= 4 is 16.1 Å². The standard InChI is InChI=1S/C17H30N2O5S/c1-16(2,3)24-15(20)19-8-6-17(7-9-19)10-14(11-23-17)18-25(21,22)12-13-4-5-13/h13-14,18H,4-12H2,1-3H3/t14-/m1/s1. The molecule has 0 bridgehead atoms. The number of piperidine rings is 1. The van der Waals surface area contributed by atoms with E-state index in [0.717, 1.165) is 12.8 Å². The number of likely N-dealkylation sites (tertiary alicyclic amines) is 1. The van der Waals surface area contributed by atoms with Gasteiger partial charge in [0, 0.05) is 19.1 Å². The van der Waals surface area contributed by atoms with Gasteiger partial charge in [0.05, 0.1) is 18.0 Å². The first kappa shape index (κ1) is 18.9. The number of sulfonamides is 1. The van der Waals surface area contributed by atoms with E-state index in [1.54, 1.807) is 4.90 Å². The van der Waals surface area contributed by atoms with Crippen LogP contribution in [-0.2, 0) is 19.5 Å². The Morgan fingerprint density at radius 2 is 1.92 bits per heavy atom. The number of carbonyl (C=O) groups excluding carboxylic acids is 1. The summed E-state index contributed by atoms with van der Waals surface area (Å²) in [6.07, 6.45) is 3.86. The quantitative estimate of drug-likeness (QED) is 0.812. The molecule has 1 saturated carbocycles. The molecule has 3 rings (SSSR count). The van der Waals surface area contributed by atoms with Crippen LogP contribution in [0.3, 0.4) is 0 Å². The van der Waals surface area contributed by atoms with Crippen LogP contribution < -0.4 is 4.72 Å². The molecule has 0 radical (unpaired) electrons. The van der Waals surface area contributed by atoms with Gasteiger partial charge in [-0.25, -0.2) is 17.9 Å². The van der Waals surface area contributed by atoms with Gasteiger partial charge in [-0.05, 0) is 58.8 Å². The molecular formula is C17H30N2O5S. The maximum Gasteiger partial charge on any atom is 0.410 e. The van der Waals surface area contributed by atoms with Crippen molar-refractivity contribution in [1.82, 2.24) is 9.62 Å². The van der Waals surface area contributed by atoms with Crippen LogP contribution in [0.5, 0.6) is 0 Å². The maximum absolute atomic E-state index is 12.1. The van der Waals surface area contributed by atoms with Gasteiger partial charge in [0.2, 0.25) is 10.0 Å². The normalized spacial score (nSPS) is 26.8. The number of ether oxygens (including phenoxy) is 2. The molecule has 0 aromatic rings. The summed E-state index contributed by atoms with van der Waals surface area (Å²) in [7, 11) is -3.22. The fourth-order valence-corrected chi connectivity index (χ4v) is 5.30. The van der Waals surface area contributed by atoms with Gasteiger partial charge in [-0.3, -0.25) is 0 Å². The highest BCUT2D eigenvalue weighted by atomic mass is 32.2. The van der Waals surface area contributed by atoms with Crippen LogP contribution >= 0.6 is 0 Å². The Morgan fingerprint density at radius 1 is 1.28 bits per heavy atom. The molecule has 1 aliphatic carbocycles. The minimum Gasteiger partial charge on any atom is -0.444 e. The summed E-state index contributed by atoms with van der Waals surface area (Å²) < 4.78 is 38.5. The third kappa shape index (κ3) is 5.31. The Kier molecular flexibility index (Phi) is 5.07. The van der Waals surface area contributed by atoms with E-state index >= 15 is 0 Å². The van der Waals surface area contributed by atoms with E-state index in [-0.39, 0.29) is 23.5 Å². The van der Waals surface area contributed by atoms with Crippen molar-refractivity contribution in [3.8, 4) is 0 Å². The lowest BCUT2D eigenvalue weighted by atomic mass is 9.88. The Hall–Kier alpha value is -0.860. The summed E-state index contributed by atoms with van der Waals surface area (Å²) in [4.78, 5) is 13.9. The molecule has 1 N–H and O–H groups in total. The smallest absolute Gasteiger partial charge is 0.410 e. The van der Waals surface area contributed by atoms with E-state index in [0.29, 0.717) is 44.9 Å². The van der Waals surface area contributed by atoms with Crippen molar-refractivity contribution in [3.05, 3.63) is 0 Å². The van der Waals surface area contributed by atoms with Crippen LogP contribution in [0.1, 0.15) is 52.9 Å². The maximum atomic E-state index is 12.1. The van der Waals surface area contributed by atoms with Gasteiger partial charge in [0.1, 0.15) is 5.60 Å². The second-order valence-electron chi connectivity index (χ2n) is 8.71. The van der Waals surface area contributed by atoms with Gasteiger partial charge in [0.15, 0.2) is 0 Å². The minimum atomic E-state index is -3.22. The molecular weight excluding hydrogens is 344 g/mol. The molecule has 1 spiro atoms. The van der Waals surface area contributed by atoms with Crippen molar-refractivity contribution < 1.29 is 22.7 Å². The minimum absolute atomic E-state index is 0.156. The van der Waals surface area contributed by atoms with Crippen molar-refractivity contribution in [2.24, 2.45) is 5.92 Å². The van der Waals surface area contributed by atoms with Gasteiger partial charge >= 0.3 is 6.09 Å². The molecule has 2 heterocycles. The molecule has 0 unspecified atom stereocenters. The molecule has 144 valence electrons. The van der Waals surface area contributed by atoms with Crippen LogP contribution in [-0.4, -0.2) is 62.1 Å². The molecule has 0 aromatic carbocycles. The van der Waals surface area contributed by atoms with Crippen LogP contribution in [0, 0.1) is 5.92 Å². The number of amides is 1. The van der Waals surface area contributed by atoms with Crippen LogP contribution in [0.25, 0.3) is 0 Å². The average Bonchev–Trinajstić information content (AvgIpc) is 3.19. The van der Waals surface area contributed by atoms with E-state index < -0.39 is 15.6 Å². The molecule has 8 heteroatoms. The molecule has 2 saturated heterocycles. The molecule has 2 aliphatic heterocycles. The summed E-state index contributed by atoms with van der Waals surface area (Å²) in [6, 6.07) is -0.156. The van der Waals surface area contributed by atoms with E-state index in [1.807, 2.05) is 20.8 Å². The Bertz CT molecular complexity index is 601. The largest absolute Gasteiger partial charge is 0.444 e. The molecule has 3 fully saturated rings. The lowest BCUT2D eigenvalue weighted by molar-refractivity contribution is -0.0485. The monoisotopic (exact) mass is 374 g/mol. The first-order valence-electron chi connectivity index (χ1n) is 9.18. The number of hydrogen-bond acceptors (Lipinski definition) is 5. The number of nitrogens with one attached hydrogen (secondary N) is 1. The van der Waals surface area contributed by atoms with E-state index in [2.05, 4.69) is 4.72 Å². The first-order valence-corrected chi connectivity index (χ1v) is 10.8. The summed E-state index contributed by atoms with van der Waals surface area (Å²) in [5.41, 5.74) is -0.813. The number of nitrogens with zero attached hydrogens (tertiary/aromatic N) is 1. The third-order valence-corrected chi connectivity index (χ3v) is 6.64. The topological polar surface area (TPSA) is 84.9 Å². The van der Waals surface area contributed by atoms with Crippen molar-refractivity contribution in [3.63, 3.8) is 0 Å². The average molecular weight is 375 g/mol. The zero-order valence-electron chi connectivity index (χ0n) is 15.4. The Balaban J connectivity index is 1.48. The molecule has 3 aliphatic rings. The van der Waals surface area contributed by atoms with E-state index in [1.165, 1.54) is 0 Å². The van der Waals surface area contributed by atoms with E-state index in [4.69, 9.17) is 9.47 Å². The van der Waals surface area contributed by atoms with Gasteiger partial charge < -0.3 is 14.4 Å². The zero-order chi connectivity index (χ0) is 18.3. The third-order valence-electron chi connectivity index (χ3n) is 5.03. The fraction of sp³-hybridized carbons (Fsp3) is 0.941. The van der Waals surface area contributed by atoms with Crippen LogP contribution in [0.2, 0.25) is 0 Å². The molecule has 1 amide bonds. The van der Waals surface area contributed by atoms with Crippen molar-refractivity contribution in [2.75, 3.05) is 25.4 Å². The summed E-state index contributed by atoms with van der Waals surface area (Å²) in [6.45, 7) is 7.14. The highest BCUT2D eigenvalue weighted by molar-refractivity contribution is 7.89. The van der Waals surface area contributed by atoms with Gasteiger partial charge in [-0.2, -0.15) is 0 Å². The van der Waals surface area contributed by atoms with Gasteiger partial charge in [-0.15, -0.1) is 0 Å².